The minimum absolute atomic E-state index is 0.652. The number of hydrogen-bond acceptors (Lipinski definition) is 6. The van der Waals surface area contributed by atoms with Gasteiger partial charge in [-0.25, -0.2) is 4.98 Å². The Hall–Kier alpha value is -1.22. The van der Waals surface area contributed by atoms with E-state index in [-0.39, 0.29) is 0 Å². The standard InChI is InChI=1S/C20H37N5O2S/c1-4-19-24-18(16-28-19)15-25-9-6-17(7-10-25)14-23-20(21-2)22-8-5-11-27-13-12-26-3/h16-17H,4-15H2,1-3H3,(H2,21,22,23). The van der Waals surface area contributed by atoms with Crippen molar-refractivity contribution in [2.45, 2.75) is 39.2 Å². The Morgan fingerprint density at radius 1 is 1.29 bits per heavy atom. The molecule has 0 amide bonds. The third-order valence-electron chi connectivity index (χ3n) is 4.97. The van der Waals surface area contributed by atoms with Crippen molar-refractivity contribution >= 4 is 17.3 Å². The molecule has 2 heterocycles. The fourth-order valence-electron chi connectivity index (χ4n) is 3.25. The SMILES string of the molecule is CCc1nc(CN2CCC(CNC(=NC)NCCCOCCOC)CC2)cs1. The van der Waals surface area contributed by atoms with E-state index in [1.165, 1.54) is 23.5 Å². The summed E-state index contributed by atoms with van der Waals surface area (Å²) in [6.07, 6.45) is 4.44. The van der Waals surface area contributed by atoms with Gasteiger partial charge in [-0.15, -0.1) is 11.3 Å². The summed E-state index contributed by atoms with van der Waals surface area (Å²) in [6, 6.07) is 0. The lowest BCUT2D eigenvalue weighted by atomic mass is 9.97. The second kappa shape index (κ2) is 13.9. The highest BCUT2D eigenvalue weighted by Gasteiger charge is 2.20. The molecule has 1 saturated heterocycles. The van der Waals surface area contributed by atoms with Crippen LogP contribution in [0.15, 0.2) is 10.4 Å². The first-order valence-electron chi connectivity index (χ1n) is 10.4. The van der Waals surface area contributed by atoms with Gasteiger partial charge in [-0.05, 0) is 44.7 Å². The van der Waals surface area contributed by atoms with Gasteiger partial charge in [0, 0.05) is 45.8 Å². The normalized spacial score (nSPS) is 16.5. The second-order valence-electron chi connectivity index (χ2n) is 7.14. The molecule has 8 heteroatoms. The highest BCUT2D eigenvalue weighted by molar-refractivity contribution is 7.09. The van der Waals surface area contributed by atoms with Crippen molar-refractivity contribution in [1.29, 1.82) is 0 Å². The molecule has 0 aliphatic carbocycles. The van der Waals surface area contributed by atoms with Crippen molar-refractivity contribution < 1.29 is 9.47 Å². The molecule has 28 heavy (non-hydrogen) atoms. The molecule has 0 aromatic carbocycles. The quantitative estimate of drug-likeness (QED) is 0.312. The third kappa shape index (κ3) is 8.86. The molecule has 160 valence electrons. The maximum atomic E-state index is 5.47. The molecule has 2 rings (SSSR count). The van der Waals surface area contributed by atoms with E-state index in [4.69, 9.17) is 14.5 Å². The van der Waals surface area contributed by atoms with Gasteiger partial charge < -0.3 is 20.1 Å². The van der Waals surface area contributed by atoms with Crippen LogP contribution in [0.3, 0.4) is 0 Å². The molecule has 1 aliphatic rings. The number of piperidine rings is 1. The maximum absolute atomic E-state index is 5.47. The summed E-state index contributed by atoms with van der Waals surface area (Å²) in [4.78, 5) is 11.5. The van der Waals surface area contributed by atoms with E-state index in [0.717, 1.165) is 58.1 Å². The fraction of sp³-hybridized carbons (Fsp3) is 0.800. The number of rotatable bonds is 12. The number of likely N-dealkylation sites (tertiary alicyclic amines) is 1. The predicted octanol–water partition coefficient (Wildman–Crippen LogP) is 2.14. The number of guanidine groups is 1. The zero-order chi connectivity index (χ0) is 20.0. The Bertz CT molecular complexity index is 559. The number of aryl methyl sites for hydroxylation is 1. The van der Waals surface area contributed by atoms with Crippen LogP contribution in [0, 0.1) is 5.92 Å². The number of nitrogens with zero attached hydrogens (tertiary/aromatic N) is 3. The van der Waals surface area contributed by atoms with Crippen LogP contribution in [-0.4, -0.2) is 76.0 Å². The third-order valence-corrected chi connectivity index (χ3v) is 6.01. The monoisotopic (exact) mass is 411 g/mol. The van der Waals surface area contributed by atoms with Crippen LogP contribution in [0.2, 0.25) is 0 Å². The summed E-state index contributed by atoms with van der Waals surface area (Å²) < 4.78 is 10.4. The lowest BCUT2D eigenvalue weighted by Gasteiger charge is -2.31. The van der Waals surface area contributed by atoms with Gasteiger partial charge in [0.25, 0.3) is 0 Å². The summed E-state index contributed by atoms with van der Waals surface area (Å²) in [5.74, 6) is 1.59. The van der Waals surface area contributed by atoms with Crippen LogP contribution in [0.25, 0.3) is 0 Å². The first kappa shape index (κ1) is 23.1. The van der Waals surface area contributed by atoms with Gasteiger partial charge in [0.05, 0.1) is 23.9 Å². The highest BCUT2D eigenvalue weighted by Crippen LogP contribution is 2.19. The number of methoxy groups -OCH3 is 1. The maximum Gasteiger partial charge on any atom is 0.190 e. The highest BCUT2D eigenvalue weighted by atomic mass is 32.1. The Morgan fingerprint density at radius 2 is 2.11 bits per heavy atom. The summed E-state index contributed by atoms with van der Waals surface area (Å²) in [5.41, 5.74) is 1.23. The second-order valence-corrected chi connectivity index (χ2v) is 8.09. The molecule has 2 N–H and O–H groups in total. The average molecular weight is 412 g/mol. The zero-order valence-corrected chi connectivity index (χ0v) is 18.5. The molecule has 0 spiro atoms. The van der Waals surface area contributed by atoms with Gasteiger partial charge >= 0.3 is 0 Å². The van der Waals surface area contributed by atoms with Crippen molar-refractivity contribution in [3.63, 3.8) is 0 Å². The molecular formula is C20H37N5O2S. The average Bonchev–Trinajstić information content (AvgIpc) is 3.18. The molecular weight excluding hydrogens is 374 g/mol. The number of aliphatic imine (C=N–C) groups is 1. The minimum Gasteiger partial charge on any atom is -0.382 e. The van der Waals surface area contributed by atoms with E-state index in [1.54, 1.807) is 18.4 Å². The van der Waals surface area contributed by atoms with Gasteiger partial charge in [-0.3, -0.25) is 9.89 Å². The summed E-state index contributed by atoms with van der Waals surface area (Å²) in [7, 11) is 3.51. The first-order chi connectivity index (χ1) is 13.7. The molecule has 1 aromatic rings. The van der Waals surface area contributed by atoms with Crippen molar-refractivity contribution in [1.82, 2.24) is 20.5 Å². The van der Waals surface area contributed by atoms with Crippen molar-refractivity contribution in [3.8, 4) is 0 Å². The molecule has 1 fully saturated rings. The number of hydrogen-bond donors (Lipinski definition) is 2. The molecule has 1 aromatic heterocycles. The van der Waals surface area contributed by atoms with Crippen LogP contribution in [0.1, 0.15) is 36.9 Å². The van der Waals surface area contributed by atoms with Gasteiger partial charge in [0.2, 0.25) is 0 Å². The fourth-order valence-corrected chi connectivity index (χ4v) is 3.98. The first-order valence-corrected chi connectivity index (χ1v) is 11.3. The lowest BCUT2D eigenvalue weighted by Crippen LogP contribution is -2.43. The van der Waals surface area contributed by atoms with E-state index in [1.807, 2.05) is 7.05 Å². The topological polar surface area (TPSA) is 71.0 Å². The summed E-state index contributed by atoms with van der Waals surface area (Å²) >= 11 is 1.78. The minimum atomic E-state index is 0.652. The number of aromatic nitrogens is 1. The molecule has 0 bridgehead atoms. The molecule has 0 radical (unpaired) electrons. The largest absolute Gasteiger partial charge is 0.382 e. The summed E-state index contributed by atoms with van der Waals surface area (Å²) in [6.45, 7) is 9.35. The van der Waals surface area contributed by atoms with Gasteiger partial charge in [0.15, 0.2) is 5.96 Å². The van der Waals surface area contributed by atoms with Crippen LogP contribution in [0.4, 0.5) is 0 Å². The van der Waals surface area contributed by atoms with E-state index >= 15 is 0 Å². The van der Waals surface area contributed by atoms with E-state index in [0.29, 0.717) is 19.1 Å². The molecule has 1 aliphatic heterocycles. The Labute approximate surface area is 173 Å². The Morgan fingerprint density at radius 3 is 2.79 bits per heavy atom. The van der Waals surface area contributed by atoms with E-state index < -0.39 is 0 Å². The van der Waals surface area contributed by atoms with Crippen molar-refractivity contribution in [3.05, 3.63) is 16.1 Å². The van der Waals surface area contributed by atoms with Crippen molar-refractivity contribution in [2.24, 2.45) is 10.9 Å². The molecule has 0 saturated carbocycles. The summed E-state index contributed by atoms with van der Waals surface area (Å²) in [5, 5.41) is 10.3. The Kier molecular flexibility index (Phi) is 11.4. The van der Waals surface area contributed by atoms with Gasteiger partial charge in [-0.2, -0.15) is 0 Å². The van der Waals surface area contributed by atoms with Gasteiger partial charge in [-0.1, -0.05) is 6.92 Å². The number of nitrogens with one attached hydrogen (secondary N) is 2. The van der Waals surface area contributed by atoms with E-state index in [2.05, 4.69) is 32.8 Å². The van der Waals surface area contributed by atoms with E-state index in [9.17, 15) is 0 Å². The molecule has 0 atom stereocenters. The number of thiazole rings is 1. The van der Waals surface area contributed by atoms with Crippen LogP contribution >= 0.6 is 11.3 Å². The number of ether oxygens (including phenoxy) is 2. The van der Waals surface area contributed by atoms with Crippen LogP contribution in [0.5, 0.6) is 0 Å². The molecule has 0 unspecified atom stereocenters. The smallest absolute Gasteiger partial charge is 0.190 e. The van der Waals surface area contributed by atoms with Crippen molar-refractivity contribution in [2.75, 3.05) is 60.2 Å². The van der Waals surface area contributed by atoms with Crippen LogP contribution in [-0.2, 0) is 22.4 Å². The lowest BCUT2D eigenvalue weighted by molar-refractivity contribution is 0.0698. The predicted molar refractivity (Wildman–Crippen MR) is 116 cm³/mol. The van der Waals surface area contributed by atoms with Gasteiger partial charge in [0.1, 0.15) is 0 Å². The van der Waals surface area contributed by atoms with Crippen LogP contribution < -0.4 is 10.6 Å². The molecule has 7 nitrogen and oxygen atoms in total. The Balaban J connectivity index is 1.55. The zero-order valence-electron chi connectivity index (χ0n) is 17.7.